The number of aromatic nitrogens is 1. The van der Waals surface area contributed by atoms with E-state index in [-0.39, 0.29) is 0 Å². The highest BCUT2D eigenvalue weighted by atomic mass is 79.9. The highest BCUT2D eigenvalue weighted by Gasteiger charge is 2.23. The zero-order valence-corrected chi connectivity index (χ0v) is 10.5. The Morgan fingerprint density at radius 2 is 2.06 bits per heavy atom. The van der Waals surface area contributed by atoms with Crippen molar-refractivity contribution in [1.82, 2.24) is 4.98 Å². The van der Waals surface area contributed by atoms with Crippen LogP contribution >= 0.6 is 15.9 Å². The Kier molecular flexibility index (Phi) is 3.54. The van der Waals surface area contributed by atoms with Crippen LogP contribution in [0, 0.1) is 0 Å². The molecule has 0 spiro atoms. The van der Waals surface area contributed by atoms with E-state index in [0.29, 0.717) is 11.3 Å². The fourth-order valence-corrected chi connectivity index (χ4v) is 2.09. The summed E-state index contributed by atoms with van der Waals surface area (Å²) in [5.74, 6) is -1.63. The van der Waals surface area contributed by atoms with Gasteiger partial charge in [0.25, 0.3) is 0 Å². The third-order valence-corrected chi connectivity index (χ3v) is 2.91. The van der Waals surface area contributed by atoms with E-state index in [1.54, 1.807) is 36.5 Å². The molecule has 0 bridgehead atoms. The topological polar surface area (TPSA) is 50.2 Å². The van der Waals surface area contributed by atoms with Crippen LogP contribution in [0.1, 0.15) is 17.2 Å². The Bertz CT molecular complexity index is 528. The van der Waals surface area contributed by atoms with Gasteiger partial charge < -0.3 is 5.11 Å². The van der Waals surface area contributed by atoms with Gasteiger partial charge >= 0.3 is 5.97 Å². The number of carbonyl (C=O) groups is 1. The molecule has 0 aliphatic carbocycles. The quantitative estimate of drug-likeness (QED) is 0.946. The van der Waals surface area contributed by atoms with Crippen LogP contribution in [0.4, 0.5) is 0 Å². The fourth-order valence-electron chi connectivity index (χ4n) is 1.67. The zero-order valence-electron chi connectivity index (χ0n) is 8.88. The highest BCUT2D eigenvalue weighted by molar-refractivity contribution is 9.10. The second-order valence-electron chi connectivity index (χ2n) is 3.58. The monoisotopic (exact) mass is 291 g/mol. The largest absolute Gasteiger partial charge is 0.480 e. The van der Waals surface area contributed by atoms with Crippen LogP contribution in [-0.4, -0.2) is 16.1 Å². The number of halogens is 1. The average Bonchev–Trinajstić information content (AvgIpc) is 2.30. The predicted octanol–water partition coefficient (Wildman–Crippen LogP) is 3.06. The van der Waals surface area contributed by atoms with E-state index in [2.05, 4.69) is 20.9 Å². The first-order valence-electron chi connectivity index (χ1n) is 5.07. The Labute approximate surface area is 107 Å². The Morgan fingerprint density at radius 1 is 1.24 bits per heavy atom. The molecule has 3 nitrogen and oxygen atoms in total. The molecule has 1 N–H and O–H groups in total. The van der Waals surface area contributed by atoms with Gasteiger partial charge in [0, 0.05) is 10.7 Å². The Morgan fingerprint density at radius 3 is 2.65 bits per heavy atom. The lowest BCUT2D eigenvalue weighted by molar-refractivity contribution is -0.137. The lowest BCUT2D eigenvalue weighted by Gasteiger charge is -2.12. The van der Waals surface area contributed by atoms with Gasteiger partial charge in [-0.1, -0.05) is 34.1 Å². The molecule has 1 aromatic carbocycles. The summed E-state index contributed by atoms with van der Waals surface area (Å²) in [6, 6.07) is 12.5. The number of aliphatic carboxylic acids is 1. The lowest BCUT2D eigenvalue weighted by Crippen LogP contribution is -2.14. The first kappa shape index (κ1) is 11.8. The van der Waals surface area contributed by atoms with Gasteiger partial charge in [0.1, 0.15) is 5.92 Å². The van der Waals surface area contributed by atoms with Crippen molar-refractivity contribution in [2.75, 3.05) is 0 Å². The maximum Gasteiger partial charge on any atom is 0.317 e. The molecule has 17 heavy (non-hydrogen) atoms. The van der Waals surface area contributed by atoms with Gasteiger partial charge in [0.15, 0.2) is 0 Å². The van der Waals surface area contributed by atoms with Crippen LogP contribution in [0.5, 0.6) is 0 Å². The molecule has 4 heteroatoms. The van der Waals surface area contributed by atoms with Crippen molar-refractivity contribution in [2.45, 2.75) is 5.92 Å². The molecule has 0 saturated heterocycles. The van der Waals surface area contributed by atoms with Crippen molar-refractivity contribution in [1.29, 1.82) is 0 Å². The summed E-state index contributed by atoms with van der Waals surface area (Å²) in [4.78, 5) is 15.5. The first-order chi connectivity index (χ1) is 8.18. The minimum absolute atomic E-state index is 0.540. The lowest BCUT2D eigenvalue weighted by atomic mass is 9.95. The van der Waals surface area contributed by atoms with E-state index in [1.165, 1.54) is 0 Å². The van der Waals surface area contributed by atoms with Crippen molar-refractivity contribution in [3.63, 3.8) is 0 Å². The minimum Gasteiger partial charge on any atom is -0.480 e. The van der Waals surface area contributed by atoms with Gasteiger partial charge in [0.2, 0.25) is 0 Å². The summed E-state index contributed by atoms with van der Waals surface area (Å²) in [6.45, 7) is 0. The summed E-state index contributed by atoms with van der Waals surface area (Å²) in [7, 11) is 0. The van der Waals surface area contributed by atoms with Crippen LogP contribution < -0.4 is 0 Å². The van der Waals surface area contributed by atoms with Gasteiger partial charge in [-0.25, -0.2) is 0 Å². The number of rotatable bonds is 3. The molecule has 1 aromatic heterocycles. The summed E-state index contributed by atoms with van der Waals surface area (Å²) in [5, 5.41) is 9.32. The van der Waals surface area contributed by atoms with Crippen LogP contribution in [0.25, 0.3) is 0 Å². The molecule has 0 radical (unpaired) electrons. The van der Waals surface area contributed by atoms with Crippen LogP contribution in [-0.2, 0) is 4.79 Å². The molecule has 1 unspecified atom stereocenters. The van der Waals surface area contributed by atoms with E-state index in [9.17, 15) is 9.90 Å². The van der Waals surface area contributed by atoms with Gasteiger partial charge in [0.05, 0.1) is 5.69 Å². The number of hydrogen-bond acceptors (Lipinski definition) is 2. The number of carboxylic acid groups (broad SMARTS) is 1. The molecule has 0 aliphatic heterocycles. The molecule has 0 aliphatic rings. The summed E-state index contributed by atoms with van der Waals surface area (Å²) >= 11 is 3.34. The van der Waals surface area contributed by atoms with Crippen LogP contribution in [0.3, 0.4) is 0 Å². The second-order valence-corrected chi connectivity index (χ2v) is 4.50. The van der Waals surface area contributed by atoms with Gasteiger partial charge in [-0.3, -0.25) is 9.78 Å². The molecule has 2 rings (SSSR count). The van der Waals surface area contributed by atoms with Crippen LogP contribution in [0.2, 0.25) is 0 Å². The zero-order chi connectivity index (χ0) is 12.3. The maximum absolute atomic E-state index is 11.4. The standard InChI is InChI=1S/C13H10BrNO2/c14-10-5-3-4-9(8-10)12(13(16)17)11-6-1-2-7-15-11/h1-8,12H,(H,16,17). The number of nitrogens with zero attached hydrogens (tertiary/aromatic N) is 1. The van der Waals surface area contributed by atoms with E-state index in [4.69, 9.17) is 0 Å². The number of pyridine rings is 1. The predicted molar refractivity (Wildman–Crippen MR) is 67.9 cm³/mol. The fraction of sp³-hybridized carbons (Fsp3) is 0.0769. The molecular formula is C13H10BrNO2. The van der Waals surface area contributed by atoms with Crippen LogP contribution in [0.15, 0.2) is 53.1 Å². The van der Waals surface area contributed by atoms with E-state index >= 15 is 0 Å². The van der Waals surface area contributed by atoms with E-state index in [1.807, 2.05) is 12.1 Å². The van der Waals surface area contributed by atoms with E-state index in [0.717, 1.165) is 4.47 Å². The minimum atomic E-state index is -0.901. The summed E-state index contributed by atoms with van der Waals surface area (Å²) in [6.07, 6.45) is 1.60. The molecule has 86 valence electrons. The molecular weight excluding hydrogens is 282 g/mol. The molecule has 2 aromatic rings. The Balaban J connectivity index is 2.47. The smallest absolute Gasteiger partial charge is 0.317 e. The molecule has 0 amide bonds. The van der Waals surface area contributed by atoms with Crippen molar-refractivity contribution >= 4 is 21.9 Å². The summed E-state index contributed by atoms with van der Waals surface area (Å²) in [5.41, 5.74) is 1.25. The SMILES string of the molecule is O=C(O)C(c1cccc(Br)c1)c1ccccn1. The number of carboxylic acids is 1. The molecule has 0 fully saturated rings. The highest BCUT2D eigenvalue weighted by Crippen LogP contribution is 2.25. The third-order valence-electron chi connectivity index (χ3n) is 2.41. The van der Waals surface area contributed by atoms with Crippen molar-refractivity contribution < 1.29 is 9.90 Å². The summed E-state index contributed by atoms with van der Waals surface area (Å²) < 4.78 is 0.859. The van der Waals surface area contributed by atoms with Crippen molar-refractivity contribution in [3.05, 3.63) is 64.4 Å². The van der Waals surface area contributed by atoms with Crippen molar-refractivity contribution in [2.24, 2.45) is 0 Å². The second kappa shape index (κ2) is 5.10. The third kappa shape index (κ3) is 2.71. The maximum atomic E-state index is 11.4. The van der Waals surface area contributed by atoms with Gasteiger partial charge in [-0.15, -0.1) is 0 Å². The molecule has 0 saturated carbocycles. The molecule has 1 heterocycles. The van der Waals surface area contributed by atoms with Crippen molar-refractivity contribution in [3.8, 4) is 0 Å². The number of hydrogen-bond donors (Lipinski definition) is 1. The normalized spacial score (nSPS) is 12.1. The van der Waals surface area contributed by atoms with E-state index < -0.39 is 11.9 Å². The van der Waals surface area contributed by atoms with Gasteiger partial charge in [-0.2, -0.15) is 0 Å². The average molecular weight is 292 g/mol. The first-order valence-corrected chi connectivity index (χ1v) is 5.87. The molecule has 1 atom stereocenters. The van der Waals surface area contributed by atoms with Gasteiger partial charge in [-0.05, 0) is 29.8 Å². The Hall–Kier alpha value is -1.68. The number of benzene rings is 1.